The van der Waals surface area contributed by atoms with E-state index in [-0.39, 0.29) is 18.9 Å². The zero-order valence-electron chi connectivity index (χ0n) is 9.52. The van der Waals surface area contributed by atoms with Crippen molar-refractivity contribution in [3.05, 3.63) is 4.77 Å². The van der Waals surface area contributed by atoms with Crippen LogP contribution in [0, 0.1) is 4.77 Å². The molecule has 0 N–H and O–H groups in total. The van der Waals surface area contributed by atoms with Crippen molar-refractivity contribution in [3.8, 4) is 0 Å². The summed E-state index contributed by atoms with van der Waals surface area (Å²) < 4.78 is 17.4. The maximum absolute atomic E-state index is 5.64. The van der Waals surface area contributed by atoms with Gasteiger partial charge >= 0.3 is 27.5 Å². The van der Waals surface area contributed by atoms with Crippen LogP contribution in [-0.4, -0.2) is 24.7 Å². The van der Waals surface area contributed by atoms with Gasteiger partial charge in [0.25, 0.3) is 0 Å². The SMILES string of the molecule is CCOP(OCC)O[C-]1SCCCS1.[Li+]. The molecule has 0 amide bonds. The second-order valence-corrected chi connectivity index (χ2v) is 5.99. The molecule has 1 saturated heterocycles. The molecule has 7 heteroatoms. The van der Waals surface area contributed by atoms with Gasteiger partial charge in [-0.3, -0.25) is 0 Å². The van der Waals surface area contributed by atoms with Gasteiger partial charge in [0.1, 0.15) is 0 Å². The summed E-state index contributed by atoms with van der Waals surface area (Å²) in [4.78, 5) is 0. The molecule has 0 spiro atoms. The molecule has 0 radical (unpaired) electrons. The van der Waals surface area contributed by atoms with E-state index in [0.29, 0.717) is 13.2 Å². The van der Waals surface area contributed by atoms with Gasteiger partial charge in [0.2, 0.25) is 0 Å². The molecule has 0 aromatic carbocycles. The number of thioether (sulfide) groups is 2. The number of hydrogen-bond donors (Lipinski definition) is 0. The van der Waals surface area contributed by atoms with E-state index in [4.69, 9.17) is 13.6 Å². The smallest absolute Gasteiger partial charge is 0.465 e. The van der Waals surface area contributed by atoms with E-state index in [1.165, 1.54) is 6.42 Å². The third-order valence-electron chi connectivity index (χ3n) is 1.35. The Balaban J connectivity index is 0.00000196. The van der Waals surface area contributed by atoms with Crippen LogP contribution in [0.3, 0.4) is 0 Å². The molecule has 0 bridgehead atoms. The summed E-state index contributed by atoms with van der Waals surface area (Å²) in [5.74, 6) is 2.29. The third-order valence-corrected chi connectivity index (χ3v) is 5.19. The molecular formula is C8H16LiO3PS2. The minimum Gasteiger partial charge on any atom is -0.465 e. The predicted octanol–water partition coefficient (Wildman–Crippen LogP) is 0.624. The molecule has 0 atom stereocenters. The normalized spacial score (nSPS) is 17.8. The molecule has 1 fully saturated rings. The summed E-state index contributed by atoms with van der Waals surface area (Å²) in [6.07, 6.45) is 1.25. The first-order valence-corrected chi connectivity index (χ1v) is 7.80. The van der Waals surface area contributed by atoms with Crippen molar-refractivity contribution in [1.29, 1.82) is 0 Å². The zero-order chi connectivity index (χ0) is 10.2. The first-order valence-electron chi connectivity index (χ1n) is 4.73. The fourth-order valence-corrected chi connectivity index (χ4v) is 4.26. The largest absolute Gasteiger partial charge is 1.00 e. The Morgan fingerprint density at radius 3 is 2.13 bits per heavy atom. The molecule has 3 nitrogen and oxygen atoms in total. The molecule has 1 aliphatic heterocycles. The Kier molecular flexibility index (Phi) is 11.9. The standard InChI is InChI=1S/C8H16O3PS2.Li/c1-3-9-12(10-4-2)11-8-13-6-5-7-14-8;/h3-7H2,1-2H3;/q-1;+1. The van der Waals surface area contributed by atoms with Gasteiger partial charge in [-0.25, -0.2) is 0 Å². The summed E-state index contributed by atoms with van der Waals surface area (Å²) in [6.45, 7) is 5.16. The van der Waals surface area contributed by atoms with Gasteiger partial charge in [-0.05, 0) is 31.8 Å². The third kappa shape index (κ3) is 7.52. The van der Waals surface area contributed by atoms with Crippen molar-refractivity contribution < 1.29 is 32.4 Å². The molecule has 0 unspecified atom stereocenters. The van der Waals surface area contributed by atoms with Crippen LogP contribution < -0.4 is 18.9 Å². The van der Waals surface area contributed by atoms with Crippen LogP contribution in [0.15, 0.2) is 0 Å². The monoisotopic (exact) mass is 262 g/mol. The van der Waals surface area contributed by atoms with E-state index in [9.17, 15) is 0 Å². The first kappa shape index (κ1) is 16.6. The van der Waals surface area contributed by atoms with Crippen molar-refractivity contribution in [3.63, 3.8) is 0 Å². The Morgan fingerprint density at radius 2 is 1.67 bits per heavy atom. The summed E-state index contributed by atoms with van der Waals surface area (Å²) in [5.41, 5.74) is 0. The van der Waals surface area contributed by atoms with E-state index in [2.05, 4.69) is 0 Å². The fraction of sp³-hybridized carbons (Fsp3) is 0.875. The predicted molar refractivity (Wildman–Crippen MR) is 64.0 cm³/mol. The molecule has 0 aromatic rings. The Morgan fingerprint density at radius 1 is 1.13 bits per heavy atom. The molecule has 1 aliphatic rings. The van der Waals surface area contributed by atoms with Crippen molar-refractivity contribution in [2.45, 2.75) is 20.3 Å². The minimum atomic E-state index is -1.16. The van der Waals surface area contributed by atoms with Crippen LogP contribution in [0.4, 0.5) is 0 Å². The second kappa shape index (κ2) is 10.7. The summed E-state index contributed by atoms with van der Waals surface area (Å²) in [5, 5.41) is 0. The summed E-state index contributed by atoms with van der Waals surface area (Å²) in [7, 11) is -1.16. The van der Waals surface area contributed by atoms with Crippen LogP contribution in [0.5, 0.6) is 0 Å². The average molecular weight is 262 g/mol. The van der Waals surface area contributed by atoms with Gasteiger partial charge in [0, 0.05) is 0 Å². The Bertz CT molecular complexity index is 144. The van der Waals surface area contributed by atoms with Gasteiger partial charge in [0.15, 0.2) is 0 Å². The van der Waals surface area contributed by atoms with Crippen LogP contribution in [0.1, 0.15) is 20.3 Å². The van der Waals surface area contributed by atoms with Gasteiger partial charge in [0.05, 0.1) is 13.2 Å². The van der Waals surface area contributed by atoms with Crippen LogP contribution in [-0.2, 0) is 13.6 Å². The summed E-state index contributed by atoms with van der Waals surface area (Å²) >= 11 is 3.51. The minimum absolute atomic E-state index is 0. The van der Waals surface area contributed by atoms with E-state index in [0.717, 1.165) is 16.3 Å². The molecule has 84 valence electrons. The average Bonchev–Trinajstić information content (AvgIpc) is 2.20. The van der Waals surface area contributed by atoms with E-state index in [1.54, 1.807) is 23.5 Å². The van der Waals surface area contributed by atoms with Crippen molar-refractivity contribution in [2.24, 2.45) is 0 Å². The summed E-state index contributed by atoms with van der Waals surface area (Å²) in [6, 6.07) is 0. The number of rotatable bonds is 6. The van der Waals surface area contributed by atoms with Gasteiger partial charge < -0.3 is 37.1 Å². The topological polar surface area (TPSA) is 27.7 Å². The van der Waals surface area contributed by atoms with Crippen LogP contribution in [0.25, 0.3) is 0 Å². The first-order chi connectivity index (χ1) is 6.86. The van der Waals surface area contributed by atoms with Gasteiger partial charge in [-0.2, -0.15) is 0 Å². The number of hydrogen-bond acceptors (Lipinski definition) is 5. The van der Waals surface area contributed by atoms with Crippen LogP contribution in [0.2, 0.25) is 0 Å². The zero-order valence-corrected chi connectivity index (χ0v) is 12.1. The van der Waals surface area contributed by atoms with Crippen LogP contribution >= 0.6 is 32.1 Å². The Labute approximate surface area is 114 Å². The van der Waals surface area contributed by atoms with Gasteiger partial charge in [-0.1, -0.05) is 4.77 Å². The molecule has 1 heterocycles. The second-order valence-electron chi connectivity index (χ2n) is 2.45. The van der Waals surface area contributed by atoms with E-state index < -0.39 is 8.60 Å². The van der Waals surface area contributed by atoms with Crippen molar-refractivity contribution >= 4 is 32.1 Å². The molecule has 0 saturated carbocycles. The molecule has 1 rings (SSSR count). The quantitative estimate of drug-likeness (QED) is 0.397. The maximum Gasteiger partial charge on any atom is 1.00 e. The van der Waals surface area contributed by atoms with E-state index >= 15 is 0 Å². The van der Waals surface area contributed by atoms with Crippen molar-refractivity contribution in [2.75, 3.05) is 24.7 Å². The maximum atomic E-state index is 5.64. The molecule has 0 aromatic heterocycles. The van der Waals surface area contributed by atoms with Gasteiger partial charge in [-0.15, -0.1) is 0 Å². The molecule has 15 heavy (non-hydrogen) atoms. The fourth-order valence-electron chi connectivity index (χ4n) is 0.826. The van der Waals surface area contributed by atoms with Crippen molar-refractivity contribution in [1.82, 2.24) is 0 Å². The van der Waals surface area contributed by atoms with E-state index in [1.807, 2.05) is 13.8 Å². The Hall–Kier alpha value is 1.61. The molecular weight excluding hydrogens is 246 g/mol. The molecule has 0 aliphatic carbocycles.